The van der Waals surface area contributed by atoms with Crippen LogP contribution in [0.3, 0.4) is 0 Å². The van der Waals surface area contributed by atoms with Gasteiger partial charge in [-0.25, -0.2) is 4.98 Å². The van der Waals surface area contributed by atoms with Crippen molar-refractivity contribution in [3.8, 4) is 10.7 Å². The van der Waals surface area contributed by atoms with Gasteiger partial charge in [0.1, 0.15) is 11.5 Å². The number of benzene rings is 1. The van der Waals surface area contributed by atoms with Gasteiger partial charge in [-0.3, -0.25) is 4.79 Å². The lowest BCUT2D eigenvalue weighted by atomic mass is 10.1. The Balaban J connectivity index is 2.23. The topological polar surface area (TPSA) is 45.8 Å². The van der Waals surface area contributed by atoms with Gasteiger partial charge in [0.25, 0.3) is 0 Å². The maximum Gasteiger partial charge on any atom is 0.170 e. The molecule has 2 aromatic heterocycles. The van der Waals surface area contributed by atoms with Gasteiger partial charge in [-0.15, -0.1) is 11.3 Å². The van der Waals surface area contributed by atoms with Crippen LogP contribution in [0.4, 0.5) is 0 Å². The number of fused-ring (bicyclic) bond motifs is 1. The first-order valence-electron chi connectivity index (χ1n) is 5.28. The van der Waals surface area contributed by atoms with Crippen LogP contribution in [0.15, 0.2) is 30.5 Å². The van der Waals surface area contributed by atoms with Gasteiger partial charge in [0, 0.05) is 10.9 Å². The van der Waals surface area contributed by atoms with Crippen LogP contribution >= 0.6 is 11.3 Å². The lowest BCUT2D eigenvalue weighted by molar-refractivity contribution is 0.111. The highest BCUT2D eigenvalue weighted by Gasteiger charge is 2.12. The number of aryl methyl sites for hydroxylation is 1. The van der Waals surface area contributed by atoms with Crippen LogP contribution in [0.1, 0.15) is 16.1 Å². The second-order valence-electron chi connectivity index (χ2n) is 3.84. The average molecular weight is 242 g/mol. The molecule has 0 radical (unpaired) electrons. The molecule has 3 nitrogen and oxygen atoms in total. The van der Waals surface area contributed by atoms with E-state index in [0.717, 1.165) is 17.0 Å². The summed E-state index contributed by atoms with van der Waals surface area (Å²) in [5, 5.41) is 1.25. The molecule has 0 aliphatic carbocycles. The van der Waals surface area contributed by atoms with E-state index in [1.54, 1.807) is 17.5 Å². The van der Waals surface area contributed by atoms with E-state index in [4.69, 9.17) is 0 Å². The summed E-state index contributed by atoms with van der Waals surface area (Å²) in [6, 6.07) is 8.26. The summed E-state index contributed by atoms with van der Waals surface area (Å²) in [5.74, 6) is 0.769. The molecule has 1 N–H and O–H groups in total. The first-order chi connectivity index (χ1) is 8.29. The minimum Gasteiger partial charge on any atom is -0.343 e. The smallest absolute Gasteiger partial charge is 0.170 e. The summed E-state index contributed by atoms with van der Waals surface area (Å²) < 4.78 is 1.24. The maximum absolute atomic E-state index is 10.6. The van der Waals surface area contributed by atoms with Gasteiger partial charge in [-0.2, -0.15) is 0 Å². The van der Waals surface area contributed by atoms with Crippen molar-refractivity contribution in [2.24, 2.45) is 0 Å². The third-order valence-electron chi connectivity index (χ3n) is 2.78. The molecule has 0 unspecified atom stereocenters. The van der Waals surface area contributed by atoms with Crippen molar-refractivity contribution in [3.05, 3.63) is 41.7 Å². The van der Waals surface area contributed by atoms with Crippen LogP contribution in [-0.2, 0) is 0 Å². The number of aldehydes is 1. The number of aromatic nitrogens is 2. The Morgan fingerprint density at radius 3 is 2.88 bits per heavy atom. The molecular weight excluding hydrogens is 232 g/mol. The van der Waals surface area contributed by atoms with E-state index in [2.05, 4.69) is 29.0 Å². The minimum absolute atomic E-state index is 0.442. The van der Waals surface area contributed by atoms with E-state index < -0.39 is 0 Å². The van der Waals surface area contributed by atoms with Crippen LogP contribution in [0.2, 0.25) is 0 Å². The van der Waals surface area contributed by atoms with E-state index >= 15 is 0 Å². The van der Waals surface area contributed by atoms with Crippen LogP contribution in [-0.4, -0.2) is 16.3 Å². The third-order valence-corrected chi connectivity index (χ3v) is 4.06. The van der Waals surface area contributed by atoms with Crippen LogP contribution in [0.5, 0.6) is 0 Å². The Bertz CT molecular complexity index is 696. The van der Waals surface area contributed by atoms with Gasteiger partial charge in [-0.05, 0) is 23.9 Å². The highest BCUT2D eigenvalue weighted by atomic mass is 32.1. The summed E-state index contributed by atoms with van der Waals surface area (Å²) in [5.41, 5.74) is 1.65. The molecular formula is C13H10N2OS. The number of H-pyrrole nitrogens is 1. The first kappa shape index (κ1) is 10.2. The summed E-state index contributed by atoms with van der Waals surface area (Å²) in [4.78, 5) is 19.0. The van der Waals surface area contributed by atoms with Crippen molar-refractivity contribution in [1.29, 1.82) is 0 Å². The van der Waals surface area contributed by atoms with Crippen molar-refractivity contribution in [1.82, 2.24) is 9.97 Å². The molecule has 0 aliphatic heterocycles. The molecule has 4 heteroatoms. The molecule has 0 fully saturated rings. The number of aromatic amines is 1. The molecule has 3 aromatic rings. The Kier molecular flexibility index (Phi) is 2.30. The highest BCUT2D eigenvalue weighted by molar-refractivity contribution is 7.22. The third kappa shape index (κ3) is 1.57. The van der Waals surface area contributed by atoms with Crippen LogP contribution < -0.4 is 0 Å². The molecule has 17 heavy (non-hydrogen) atoms. The van der Waals surface area contributed by atoms with E-state index in [-0.39, 0.29) is 0 Å². The number of thiophene rings is 1. The number of rotatable bonds is 2. The molecule has 0 atom stereocenters. The Morgan fingerprint density at radius 2 is 2.18 bits per heavy atom. The molecule has 84 valence electrons. The molecule has 0 spiro atoms. The predicted octanol–water partition coefficient (Wildman–Crippen LogP) is 3.41. The van der Waals surface area contributed by atoms with Crippen molar-refractivity contribution in [2.75, 3.05) is 0 Å². The van der Waals surface area contributed by atoms with Crippen molar-refractivity contribution < 1.29 is 4.79 Å². The molecule has 0 bridgehead atoms. The van der Waals surface area contributed by atoms with Crippen LogP contribution in [0.25, 0.3) is 20.8 Å². The molecule has 0 saturated carbocycles. The molecule has 2 heterocycles. The first-order valence-corrected chi connectivity index (χ1v) is 6.10. The largest absolute Gasteiger partial charge is 0.343 e. The summed E-state index contributed by atoms with van der Waals surface area (Å²) in [6.45, 7) is 2.08. The van der Waals surface area contributed by atoms with Crippen molar-refractivity contribution in [3.63, 3.8) is 0 Å². The summed E-state index contributed by atoms with van der Waals surface area (Å²) in [7, 11) is 0. The zero-order valence-corrected chi connectivity index (χ0v) is 10.0. The Morgan fingerprint density at radius 1 is 1.35 bits per heavy atom. The molecule has 0 aliphatic rings. The fraction of sp³-hybridized carbons (Fsp3) is 0.0769. The fourth-order valence-corrected chi connectivity index (χ4v) is 3.07. The SMILES string of the molecule is Cc1c(-c2nc(C=O)c[nH]2)sc2ccccc12. The monoisotopic (exact) mass is 242 g/mol. The standard InChI is InChI=1S/C13H10N2OS/c1-8-10-4-2-3-5-11(10)17-12(8)13-14-6-9(7-16)15-13/h2-7H,1H3,(H,14,15). The number of carbonyl (C=O) groups is 1. The van der Waals surface area contributed by atoms with Gasteiger partial charge < -0.3 is 4.98 Å². The van der Waals surface area contributed by atoms with E-state index in [9.17, 15) is 4.79 Å². The van der Waals surface area contributed by atoms with Crippen molar-refractivity contribution >= 4 is 27.7 Å². The van der Waals surface area contributed by atoms with Gasteiger partial charge in [0.2, 0.25) is 0 Å². The van der Waals surface area contributed by atoms with Gasteiger partial charge >= 0.3 is 0 Å². The number of carbonyl (C=O) groups excluding carboxylic acids is 1. The van der Waals surface area contributed by atoms with E-state index in [1.807, 2.05) is 12.1 Å². The van der Waals surface area contributed by atoms with Gasteiger partial charge in [0.05, 0.1) is 4.88 Å². The van der Waals surface area contributed by atoms with Gasteiger partial charge in [0.15, 0.2) is 6.29 Å². The second kappa shape index (κ2) is 3.82. The maximum atomic E-state index is 10.6. The average Bonchev–Trinajstić information content (AvgIpc) is 2.95. The zero-order valence-electron chi connectivity index (χ0n) is 9.23. The lowest BCUT2D eigenvalue weighted by Crippen LogP contribution is -1.80. The number of hydrogen-bond acceptors (Lipinski definition) is 3. The van der Waals surface area contributed by atoms with Crippen molar-refractivity contribution in [2.45, 2.75) is 6.92 Å². The lowest BCUT2D eigenvalue weighted by Gasteiger charge is -1.93. The zero-order chi connectivity index (χ0) is 11.8. The predicted molar refractivity (Wildman–Crippen MR) is 69.5 cm³/mol. The van der Waals surface area contributed by atoms with E-state index in [1.165, 1.54) is 15.6 Å². The van der Waals surface area contributed by atoms with E-state index in [0.29, 0.717) is 5.69 Å². The fourth-order valence-electron chi connectivity index (χ4n) is 1.91. The summed E-state index contributed by atoms with van der Waals surface area (Å²) in [6.07, 6.45) is 2.38. The highest BCUT2D eigenvalue weighted by Crippen LogP contribution is 2.36. The normalized spacial score (nSPS) is 10.9. The minimum atomic E-state index is 0.442. The molecule has 0 saturated heterocycles. The summed E-state index contributed by atoms with van der Waals surface area (Å²) >= 11 is 1.69. The quantitative estimate of drug-likeness (QED) is 0.700. The molecule has 3 rings (SSSR count). The number of imidazole rings is 1. The number of nitrogens with one attached hydrogen (secondary N) is 1. The van der Waals surface area contributed by atoms with Gasteiger partial charge in [-0.1, -0.05) is 18.2 Å². The number of hydrogen-bond donors (Lipinski definition) is 1. The number of nitrogens with zero attached hydrogens (tertiary/aromatic N) is 1. The molecule has 1 aromatic carbocycles. The Labute approximate surface area is 102 Å². The Hall–Kier alpha value is -1.94. The molecule has 0 amide bonds. The van der Waals surface area contributed by atoms with Crippen LogP contribution in [0, 0.1) is 6.92 Å². The second-order valence-corrected chi connectivity index (χ2v) is 4.90.